The molecule has 14 heavy (non-hydrogen) atoms. The summed E-state index contributed by atoms with van der Waals surface area (Å²) in [6.07, 6.45) is 3.02. The summed E-state index contributed by atoms with van der Waals surface area (Å²) in [5.41, 5.74) is 0.0966. The Bertz CT molecular complexity index is 286. The zero-order chi connectivity index (χ0) is 10.6. The van der Waals surface area contributed by atoms with Crippen molar-refractivity contribution >= 4 is 11.6 Å². The maximum absolute atomic E-state index is 5.96. The van der Waals surface area contributed by atoms with E-state index in [2.05, 4.69) is 29.3 Å². The van der Waals surface area contributed by atoms with Crippen LogP contribution < -0.4 is 0 Å². The number of hydrogen-bond donors (Lipinski definition) is 0. The third-order valence-electron chi connectivity index (χ3n) is 2.31. The molecule has 0 aromatic carbocycles. The SMILES string of the molecule is CCCC(C)(CCl)Cc1nnn(C)n1. The summed E-state index contributed by atoms with van der Waals surface area (Å²) in [5.74, 6) is 1.42. The van der Waals surface area contributed by atoms with Crippen LogP contribution in [0.4, 0.5) is 0 Å². The van der Waals surface area contributed by atoms with Crippen molar-refractivity contribution in [2.75, 3.05) is 5.88 Å². The molecule has 1 heterocycles. The van der Waals surface area contributed by atoms with Crippen LogP contribution in [0.5, 0.6) is 0 Å². The van der Waals surface area contributed by atoms with E-state index in [0.29, 0.717) is 5.88 Å². The molecule has 1 aromatic rings. The molecular formula is C9H17ClN4. The van der Waals surface area contributed by atoms with E-state index in [0.717, 1.165) is 25.1 Å². The van der Waals surface area contributed by atoms with E-state index in [-0.39, 0.29) is 5.41 Å². The zero-order valence-electron chi connectivity index (χ0n) is 9.00. The predicted molar refractivity (Wildman–Crippen MR) is 56.2 cm³/mol. The van der Waals surface area contributed by atoms with Gasteiger partial charge in [0.2, 0.25) is 0 Å². The van der Waals surface area contributed by atoms with Gasteiger partial charge in [0.1, 0.15) is 0 Å². The number of rotatable bonds is 5. The molecule has 0 fully saturated rings. The average Bonchev–Trinajstić information content (AvgIpc) is 2.51. The Kier molecular flexibility index (Phi) is 3.86. The third kappa shape index (κ3) is 2.94. The molecule has 4 nitrogen and oxygen atoms in total. The molecule has 5 heteroatoms. The number of aromatic nitrogens is 4. The number of tetrazole rings is 1. The molecule has 0 saturated heterocycles. The number of nitrogens with zero attached hydrogens (tertiary/aromatic N) is 4. The molecule has 1 aromatic heterocycles. The lowest BCUT2D eigenvalue weighted by Gasteiger charge is -2.24. The highest BCUT2D eigenvalue weighted by Crippen LogP contribution is 2.28. The van der Waals surface area contributed by atoms with Crippen LogP contribution in [0.25, 0.3) is 0 Å². The van der Waals surface area contributed by atoms with Crippen molar-refractivity contribution in [2.24, 2.45) is 12.5 Å². The average molecular weight is 217 g/mol. The molecule has 1 unspecified atom stereocenters. The normalized spacial score (nSPS) is 15.4. The zero-order valence-corrected chi connectivity index (χ0v) is 9.75. The molecule has 0 aliphatic carbocycles. The quantitative estimate of drug-likeness (QED) is 0.705. The number of aryl methyl sites for hydroxylation is 1. The summed E-state index contributed by atoms with van der Waals surface area (Å²) in [7, 11) is 1.77. The second kappa shape index (κ2) is 4.73. The Morgan fingerprint density at radius 2 is 2.21 bits per heavy atom. The Labute approximate surface area is 89.6 Å². The highest BCUT2D eigenvalue weighted by molar-refractivity contribution is 6.18. The molecule has 0 radical (unpaired) electrons. The first-order valence-electron chi connectivity index (χ1n) is 4.88. The van der Waals surface area contributed by atoms with Crippen molar-refractivity contribution in [1.82, 2.24) is 20.2 Å². The Balaban J connectivity index is 2.64. The number of alkyl halides is 1. The first kappa shape index (κ1) is 11.4. The molecule has 0 saturated carbocycles. The minimum atomic E-state index is 0.0966. The van der Waals surface area contributed by atoms with Gasteiger partial charge >= 0.3 is 0 Å². The van der Waals surface area contributed by atoms with Crippen molar-refractivity contribution in [3.8, 4) is 0 Å². The third-order valence-corrected chi connectivity index (χ3v) is 2.96. The van der Waals surface area contributed by atoms with Crippen LogP contribution in [0.2, 0.25) is 0 Å². The van der Waals surface area contributed by atoms with Gasteiger partial charge in [-0.05, 0) is 17.0 Å². The first-order valence-corrected chi connectivity index (χ1v) is 5.42. The van der Waals surface area contributed by atoms with E-state index < -0.39 is 0 Å². The van der Waals surface area contributed by atoms with E-state index in [4.69, 9.17) is 11.6 Å². The van der Waals surface area contributed by atoms with Crippen molar-refractivity contribution in [3.05, 3.63) is 5.82 Å². The van der Waals surface area contributed by atoms with E-state index in [1.165, 1.54) is 4.80 Å². The topological polar surface area (TPSA) is 43.6 Å². The van der Waals surface area contributed by atoms with Crippen LogP contribution in [-0.4, -0.2) is 26.1 Å². The molecule has 0 bridgehead atoms. The Hall–Kier alpha value is -0.640. The lowest BCUT2D eigenvalue weighted by atomic mass is 9.84. The lowest BCUT2D eigenvalue weighted by molar-refractivity contribution is 0.327. The van der Waals surface area contributed by atoms with E-state index in [1.54, 1.807) is 7.05 Å². The fraction of sp³-hybridized carbons (Fsp3) is 0.889. The minimum Gasteiger partial charge on any atom is -0.167 e. The number of hydrogen-bond acceptors (Lipinski definition) is 3. The van der Waals surface area contributed by atoms with Crippen molar-refractivity contribution in [3.63, 3.8) is 0 Å². The molecule has 0 amide bonds. The van der Waals surface area contributed by atoms with Crippen LogP contribution in [0.1, 0.15) is 32.5 Å². The predicted octanol–water partition coefficient (Wildman–Crippen LogP) is 1.80. The van der Waals surface area contributed by atoms with E-state index >= 15 is 0 Å². The van der Waals surface area contributed by atoms with Crippen molar-refractivity contribution in [1.29, 1.82) is 0 Å². The highest BCUT2D eigenvalue weighted by atomic mass is 35.5. The van der Waals surface area contributed by atoms with Gasteiger partial charge in [-0.3, -0.25) is 0 Å². The Morgan fingerprint density at radius 3 is 2.64 bits per heavy atom. The van der Waals surface area contributed by atoms with Crippen LogP contribution in [-0.2, 0) is 13.5 Å². The molecule has 0 aliphatic rings. The maximum Gasteiger partial charge on any atom is 0.175 e. The molecule has 1 atom stereocenters. The second-order valence-electron chi connectivity index (χ2n) is 4.07. The molecule has 80 valence electrons. The van der Waals surface area contributed by atoms with Gasteiger partial charge in [0.15, 0.2) is 5.82 Å². The van der Waals surface area contributed by atoms with Crippen molar-refractivity contribution < 1.29 is 0 Å². The summed E-state index contributed by atoms with van der Waals surface area (Å²) in [5, 5.41) is 11.9. The summed E-state index contributed by atoms with van der Waals surface area (Å²) >= 11 is 5.96. The molecule has 1 rings (SSSR count). The molecule has 0 aliphatic heterocycles. The molecular weight excluding hydrogens is 200 g/mol. The standard InChI is InChI=1S/C9H17ClN4/c1-4-5-9(2,7-10)6-8-11-13-14(3)12-8/h4-7H2,1-3H3. The Morgan fingerprint density at radius 1 is 1.50 bits per heavy atom. The molecule has 0 N–H and O–H groups in total. The molecule has 0 spiro atoms. The summed E-state index contributed by atoms with van der Waals surface area (Å²) in [6.45, 7) is 4.33. The van der Waals surface area contributed by atoms with Gasteiger partial charge in [0.25, 0.3) is 0 Å². The summed E-state index contributed by atoms with van der Waals surface area (Å²) in [4.78, 5) is 1.48. The highest BCUT2D eigenvalue weighted by Gasteiger charge is 2.24. The monoisotopic (exact) mass is 216 g/mol. The van der Waals surface area contributed by atoms with Crippen LogP contribution in [0.15, 0.2) is 0 Å². The van der Waals surface area contributed by atoms with Gasteiger partial charge in [0.05, 0.1) is 7.05 Å². The fourth-order valence-corrected chi connectivity index (χ4v) is 1.81. The van der Waals surface area contributed by atoms with Crippen LogP contribution in [0.3, 0.4) is 0 Å². The van der Waals surface area contributed by atoms with Gasteiger partial charge in [-0.2, -0.15) is 4.80 Å². The van der Waals surface area contributed by atoms with Crippen LogP contribution >= 0.6 is 11.6 Å². The van der Waals surface area contributed by atoms with Crippen molar-refractivity contribution in [2.45, 2.75) is 33.1 Å². The first-order chi connectivity index (χ1) is 6.59. The minimum absolute atomic E-state index is 0.0966. The largest absolute Gasteiger partial charge is 0.175 e. The van der Waals surface area contributed by atoms with Gasteiger partial charge < -0.3 is 0 Å². The van der Waals surface area contributed by atoms with Gasteiger partial charge in [-0.15, -0.1) is 21.8 Å². The van der Waals surface area contributed by atoms with Gasteiger partial charge in [0, 0.05) is 12.3 Å². The lowest BCUT2D eigenvalue weighted by Crippen LogP contribution is -2.22. The number of halogens is 1. The van der Waals surface area contributed by atoms with E-state index in [9.17, 15) is 0 Å². The van der Waals surface area contributed by atoms with Crippen LogP contribution in [0, 0.1) is 5.41 Å². The van der Waals surface area contributed by atoms with Gasteiger partial charge in [-0.25, -0.2) is 0 Å². The summed E-state index contributed by atoms with van der Waals surface area (Å²) in [6, 6.07) is 0. The smallest absolute Gasteiger partial charge is 0.167 e. The summed E-state index contributed by atoms with van der Waals surface area (Å²) < 4.78 is 0. The van der Waals surface area contributed by atoms with Gasteiger partial charge in [-0.1, -0.05) is 20.3 Å². The maximum atomic E-state index is 5.96. The van der Waals surface area contributed by atoms with E-state index in [1.807, 2.05) is 0 Å². The fourth-order valence-electron chi connectivity index (χ4n) is 1.58. The second-order valence-corrected chi connectivity index (χ2v) is 4.33.